The maximum absolute atomic E-state index is 6.50. The van der Waals surface area contributed by atoms with Crippen molar-refractivity contribution < 1.29 is 0 Å². The Kier molecular flexibility index (Phi) is 3.45. The fourth-order valence-corrected chi connectivity index (χ4v) is 4.54. The molecule has 0 unspecified atom stereocenters. The zero-order chi connectivity index (χ0) is 12.6. The van der Waals surface area contributed by atoms with Crippen LogP contribution in [0.15, 0.2) is 17.5 Å². The molecule has 0 amide bonds. The Morgan fingerprint density at radius 2 is 2.00 bits per heavy atom. The fourth-order valence-electron chi connectivity index (χ4n) is 2.46. The van der Waals surface area contributed by atoms with Crippen molar-refractivity contribution >= 4 is 34.3 Å². The predicted octanol–water partition coefficient (Wildman–Crippen LogP) is 4.64. The molecule has 0 radical (unpaired) electrons. The van der Waals surface area contributed by atoms with Gasteiger partial charge in [0.15, 0.2) is 0 Å². The van der Waals surface area contributed by atoms with Crippen LogP contribution < -0.4 is 5.73 Å². The van der Waals surface area contributed by atoms with Gasteiger partial charge < -0.3 is 5.73 Å². The molecule has 2 aromatic heterocycles. The highest BCUT2D eigenvalue weighted by atomic mass is 35.5. The third-order valence-corrected chi connectivity index (χ3v) is 5.82. The minimum absolute atomic E-state index is 0.192. The van der Waals surface area contributed by atoms with Crippen LogP contribution in [-0.4, -0.2) is 4.98 Å². The summed E-state index contributed by atoms with van der Waals surface area (Å²) >= 11 is 9.22. The van der Waals surface area contributed by atoms with E-state index in [0.717, 1.165) is 32.8 Å². The first-order valence-corrected chi connectivity index (χ1v) is 8.25. The molecule has 1 aliphatic rings. The van der Waals surface area contributed by atoms with Crippen LogP contribution in [-0.2, 0) is 5.54 Å². The summed E-state index contributed by atoms with van der Waals surface area (Å²) in [6.07, 6.45) is 5.86. The number of thiazole rings is 1. The van der Waals surface area contributed by atoms with Crippen molar-refractivity contribution in [3.05, 3.63) is 26.9 Å². The first-order chi connectivity index (χ1) is 8.67. The topological polar surface area (TPSA) is 38.9 Å². The molecule has 2 heterocycles. The fraction of sp³-hybridized carbons (Fsp3) is 0.462. The predicted molar refractivity (Wildman–Crippen MR) is 79.4 cm³/mol. The van der Waals surface area contributed by atoms with Crippen LogP contribution in [0.1, 0.15) is 37.1 Å². The average Bonchev–Trinajstić information content (AvgIpc) is 2.98. The summed E-state index contributed by atoms with van der Waals surface area (Å²) in [5, 5.41) is 3.18. The second kappa shape index (κ2) is 4.93. The third-order valence-electron chi connectivity index (χ3n) is 3.50. The van der Waals surface area contributed by atoms with E-state index in [-0.39, 0.29) is 5.54 Å². The first-order valence-electron chi connectivity index (χ1n) is 6.18. The van der Waals surface area contributed by atoms with E-state index in [9.17, 15) is 0 Å². The Hall–Kier alpha value is -0.420. The van der Waals surface area contributed by atoms with Crippen molar-refractivity contribution in [2.24, 2.45) is 5.73 Å². The molecule has 2 N–H and O–H groups in total. The van der Waals surface area contributed by atoms with Crippen molar-refractivity contribution in [1.29, 1.82) is 0 Å². The number of aromatic nitrogens is 1. The molecule has 18 heavy (non-hydrogen) atoms. The van der Waals surface area contributed by atoms with Crippen LogP contribution in [0.2, 0.25) is 4.34 Å². The normalized spacial score (nSPS) is 19.0. The van der Waals surface area contributed by atoms with Gasteiger partial charge in [-0.25, -0.2) is 4.98 Å². The van der Waals surface area contributed by atoms with E-state index in [1.54, 1.807) is 22.7 Å². The number of hydrogen-bond donors (Lipinski definition) is 1. The SMILES string of the molecule is NC1(c2nc(-c3ccc(Cl)s3)cs2)CCCCC1. The minimum Gasteiger partial charge on any atom is -0.319 e. The highest BCUT2D eigenvalue weighted by Gasteiger charge is 2.32. The Morgan fingerprint density at radius 3 is 2.67 bits per heavy atom. The molecular weight excluding hydrogens is 284 g/mol. The zero-order valence-corrected chi connectivity index (χ0v) is 12.4. The van der Waals surface area contributed by atoms with E-state index in [2.05, 4.69) is 5.38 Å². The standard InChI is InChI=1S/C13H15ClN2S2/c14-11-5-4-10(18-11)9-8-17-12(16-9)13(15)6-2-1-3-7-13/h4-5,8H,1-3,6-7,15H2. The quantitative estimate of drug-likeness (QED) is 0.877. The van der Waals surface area contributed by atoms with Gasteiger partial charge in [-0.3, -0.25) is 0 Å². The maximum Gasteiger partial charge on any atom is 0.113 e. The number of nitrogens with two attached hydrogens (primary N) is 1. The number of hydrogen-bond acceptors (Lipinski definition) is 4. The molecule has 1 saturated carbocycles. The molecule has 2 aromatic rings. The van der Waals surface area contributed by atoms with E-state index in [1.165, 1.54) is 19.3 Å². The van der Waals surface area contributed by atoms with Gasteiger partial charge in [0.1, 0.15) is 5.01 Å². The van der Waals surface area contributed by atoms with Gasteiger partial charge in [-0.15, -0.1) is 22.7 Å². The lowest BCUT2D eigenvalue weighted by molar-refractivity contribution is 0.301. The van der Waals surface area contributed by atoms with E-state index in [1.807, 2.05) is 12.1 Å². The van der Waals surface area contributed by atoms with Crippen LogP contribution in [0.4, 0.5) is 0 Å². The Morgan fingerprint density at radius 1 is 1.22 bits per heavy atom. The van der Waals surface area contributed by atoms with E-state index in [4.69, 9.17) is 22.3 Å². The lowest BCUT2D eigenvalue weighted by Crippen LogP contribution is -2.38. The second-order valence-corrected chi connectivity index (χ2v) is 7.43. The summed E-state index contributed by atoms with van der Waals surface area (Å²) < 4.78 is 0.805. The van der Waals surface area contributed by atoms with Gasteiger partial charge in [0, 0.05) is 5.38 Å². The smallest absolute Gasteiger partial charge is 0.113 e. The molecule has 0 bridgehead atoms. The highest BCUT2D eigenvalue weighted by Crippen LogP contribution is 2.39. The van der Waals surface area contributed by atoms with Crippen molar-refractivity contribution in [1.82, 2.24) is 4.98 Å². The van der Waals surface area contributed by atoms with Gasteiger partial charge in [-0.1, -0.05) is 30.9 Å². The van der Waals surface area contributed by atoms with Crippen molar-refractivity contribution in [2.45, 2.75) is 37.6 Å². The second-order valence-electron chi connectivity index (χ2n) is 4.86. The largest absolute Gasteiger partial charge is 0.319 e. The van der Waals surface area contributed by atoms with Gasteiger partial charge >= 0.3 is 0 Å². The van der Waals surface area contributed by atoms with Crippen LogP contribution in [0.25, 0.3) is 10.6 Å². The van der Waals surface area contributed by atoms with Crippen LogP contribution in [0.3, 0.4) is 0 Å². The number of rotatable bonds is 2. The Labute approximate surface area is 120 Å². The molecule has 5 heteroatoms. The van der Waals surface area contributed by atoms with Crippen molar-refractivity contribution in [3.8, 4) is 10.6 Å². The average molecular weight is 299 g/mol. The third kappa shape index (κ3) is 2.35. The number of thiophene rings is 1. The number of halogens is 1. The molecule has 2 nitrogen and oxygen atoms in total. The van der Waals surface area contributed by atoms with Crippen molar-refractivity contribution in [2.75, 3.05) is 0 Å². The highest BCUT2D eigenvalue weighted by molar-refractivity contribution is 7.19. The van der Waals surface area contributed by atoms with Gasteiger partial charge in [-0.2, -0.15) is 0 Å². The first kappa shape index (κ1) is 12.6. The van der Waals surface area contributed by atoms with Gasteiger partial charge in [-0.05, 0) is 25.0 Å². The lowest BCUT2D eigenvalue weighted by Gasteiger charge is -2.31. The molecule has 0 spiro atoms. The van der Waals surface area contributed by atoms with Gasteiger partial charge in [0.2, 0.25) is 0 Å². The maximum atomic E-state index is 6.50. The summed E-state index contributed by atoms with van der Waals surface area (Å²) in [6, 6.07) is 3.94. The molecule has 96 valence electrons. The summed E-state index contributed by atoms with van der Waals surface area (Å²) in [5.74, 6) is 0. The summed E-state index contributed by atoms with van der Waals surface area (Å²) in [4.78, 5) is 5.86. The monoisotopic (exact) mass is 298 g/mol. The van der Waals surface area contributed by atoms with Crippen molar-refractivity contribution in [3.63, 3.8) is 0 Å². The molecule has 0 saturated heterocycles. The molecule has 3 rings (SSSR count). The Bertz CT molecular complexity index is 541. The molecule has 1 fully saturated rings. The molecular formula is C13H15ClN2S2. The Balaban J connectivity index is 1.89. The summed E-state index contributed by atoms with van der Waals surface area (Å²) in [6.45, 7) is 0. The molecule has 0 aromatic carbocycles. The van der Waals surface area contributed by atoms with E-state index >= 15 is 0 Å². The number of nitrogens with zero attached hydrogens (tertiary/aromatic N) is 1. The minimum atomic E-state index is -0.192. The van der Waals surface area contributed by atoms with Crippen LogP contribution in [0, 0.1) is 0 Å². The summed E-state index contributed by atoms with van der Waals surface area (Å²) in [7, 11) is 0. The molecule has 0 aliphatic heterocycles. The summed E-state index contributed by atoms with van der Waals surface area (Å²) in [5.41, 5.74) is 7.33. The lowest BCUT2D eigenvalue weighted by atomic mass is 9.83. The van der Waals surface area contributed by atoms with E-state index < -0.39 is 0 Å². The van der Waals surface area contributed by atoms with Gasteiger partial charge in [0.25, 0.3) is 0 Å². The van der Waals surface area contributed by atoms with Crippen LogP contribution in [0.5, 0.6) is 0 Å². The molecule has 0 atom stereocenters. The van der Waals surface area contributed by atoms with Gasteiger partial charge in [0.05, 0.1) is 20.4 Å². The zero-order valence-electron chi connectivity index (χ0n) is 9.99. The van der Waals surface area contributed by atoms with Crippen LogP contribution >= 0.6 is 34.3 Å². The molecule has 1 aliphatic carbocycles. The van der Waals surface area contributed by atoms with E-state index in [0.29, 0.717) is 0 Å².